The van der Waals surface area contributed by atoms with Gasteiger partial charge in [0.25, 0.3) is 0 Å². The van der Waals surface area contributed by atoms with Crippen LogP contribution in [0.25, 0.3) is 0 Å². The summed E-state index contributed by atoms with van der Waals surface area (Å²) in [6, 6.07) is 0.675. The van der Waals surface area contributed by atoms with Crippen LogP contribution in [-0.2, 0) is 11.3 Å². The molecule has 2 aliphatic rings. The largest absolute Gasteiger partial charge is 0.373 e. The number of aromatic nitrogens is 1. The molecule has 1 aromatic heterocycles. The standard InChI is InChI=1S/C15H25N3OS/c1-12-14(20-11-16-12)9-18-6-5-15(10-18)8-13(17(2)3)4-7-19-15/h11,13H,4-10H2,1-3H3/t13-,15-/m1/s1. The van der Waals surface area contributed by atoms with Gasteiger partial charge in [-0.05, 0) is 40.3 Å². The van der Waals surface area contributed by atoms with Gasteiger partial charge < -0.3 is 9.64 Å². The Labute approximate surface area is 125 Å². The van der Waals surface area contributed by atoms with Gasteiger partial charge in [0.15, 0.2) is 0 Å². The van der Waals surface area contributed by atoms with Gasteiger partial charge in [-0.3, -0.25) is 4.90 Å². The maximum Gasteiger partial charge on any atom is 0.0835 e. The fourth-order valence-electron chi connectivity index (χ4n) is 3.47. The fraction of sp³-hybridized carbons (Fsp3) is 0.800. The molecule has 1 aromatic rings. The van der Waals surface area contributed by atoms with E-state index < -0.39 is 0 Å². The number of ether oxygens (including phenoxy) is 1. The minimum Gasteiger partial charge on any atom is -0.373 e. The molecule has 4 nitrogen and oxygen atoms in total. The maximum absolute atomic E-state index is 6.21. The lowest BCUT2D eigenvalue weighted by Crippen LogP contribution is -2.48. The van der Waals surface area contributed by atoms with Crippen LogP contribution in [0.4, 0.5) is 0 Å². The highest BCUT2D eigenvalue weighted by atomic mass is 32.1. The van der Waals surface area contributed by atoms with Gasteiger partial charge in [0.2, 0.25) is 0 Å². The van der Waals surface area contributed by atoms with E-state index in [9.17, 15) is 0 Å². The van der Waals surface area contributed by atoms with Gasteiger partial charge in [-0.1, -0.05) is 0 Å². The van der Waals surface area contributed by atoms with E-state index in [0.717, 1.165) is 26.2 Å². The summed E-state index contributed by atoms with van der Waals surface area (Å²) in [4.78, 5) is 10.7. The van der Waals surface area contributed by atoms with E-state index in [4.69, 9.17) is 4.74 Å². The van der Waals surface area contributed by atoms with Gasteiger partial charge >= 0.3 is 0 Å². The first-order valence-corrected chi connectivity index (χ1v) is 8.38. The number of aryl methyl sites for hydroxylation is 1. The van der Waals surface area contributed by atoms with Crippen LogP contribution in [0.15, 0.2) is 5.51 Å². The molecular weight excluding hydrogens is 270 g/mol. The molecule has 0 aliphatic carbocycles. The van der Waals surface area contributed by atoms with Crippen LogP contribution in [0.5, 0.6) is 0 Å². The van der Waals surface area contributed by atoms with Gasteiger partial charge in [-0.25, -0.2) is 4.98 Å². The van der Waals surface area contributed by atoms with Crippen molar-refractivity contribution in [3.63, 3.8) is 0 Å². The highest BCUT2D eigenvalue weighted by Crippen LogP contribution is 2.36. The van der Waals surface area contributed by atoms with Crippen LogP contribution in [0, 0.1) is 6.92 Å². The Bertz CT molecular complexity index is 462. The number of likely N-dealkylation sites (tertiary alicyclic amines) is 1. The maximum atomic E-state index is 6.21. The van der Waals surface area contributed by atoms with E-state index in [1.54, 1.807) is 11.3 Å². The molecule has 5 heteroatoms. The molecular formula is C15H25N3OS. The Morgan fingerprint density at radius 2 is 2.40 bits per heavy atom. The normalized spacial score (nSPS) is 31.5. The van der Waals surface area contributed by atoms with Crippen molar-refractivity contribution >= 4 is 11.3 Å². The first kappa shape index (κ1) is 14.4. The van der Waals surface area contributed by atoms with Gasteiger partial charge in [-0.2, -0.15) is 0 Å². The minimum absolute atomic E-state index is 0.103. The summed E-state index contributed by atoms with van der Waals surface area (Å²) in [7, 11) is 4.38. The van der Waals surface area contributed by atoms with Gasteiger partial charge in [-0.15, -0.1) is 11.3 Å². The molecule has 0 radical (unpaired) electrons. The van der Waals surface area contributed by atoms with Gasteiger partial charge in [0.1, 0.15) is 0 Å². The number of nitrogens with zero attached hydrogens (tertiary/aromatic N) is 3. The van der Waals surface area contributed by atoms with Crippen LogP contribution in [-0.4, -0.2) is 60.2 Å². The van der Waals surface area contributed by atoms with E-state index in [2.05, 4.69) is 35.8 Å². The number of hydrogen-bond acceptors (Lipinski definition) is 5. The van der Waals surface area contributed by atoms with Crippen molar-refractivity contribution in [1.29, 1.82) is 0 Å². The van der Waals surface area contributed by atoms with E-state index in [1.165, 1.54) is 29.8 Å². The zero-order valence-corrected chi connectivity index (χ0v) is 13.6. The summed E-state index contributed by atoms with van der Waals surface area (Å²) in [5, 5.41) is 0. The number of thiazole rings is 1. The molecule has 20 heavy (non-hydrogen) atoms. The average molecular weight is 295 g/mol. The summed E-state index contributed by atoms with van der Waals surface area (Å²) < 4.78 is 6.21. The van der Waals surface area contributed by atoms with E-state index >= 15 is 0 Å². The highest BCUT2D eigenvalue weighted by molar-refractivity contribution is 7.09. The van der Waals surface area contributed by atoms with Crippen molar-refractivity contribution < 1.29 is 4.74 Å². The van der Waals surface area contributed by atoms with Crippen LogP contribution in [0.1, 0.15) is 29.8 Å². The number of rotatable bonds is 3. The first-order chi connectivity index (χ1) is 9.58. The molecule has 112 valence electrons. The zero-order valence-electron chi connectivity index (χ0n) is 12.8. The van der Waals surface area contributed by atoms with Crippen LogP contribution >= 0.6 is 11.3 Å². The van der Waals surface area contributed by atoms with Crippen molar-refractivity contribution in [3.05, 3.63) is 16.1 Å². The Kier molecular flexibility index (Phi) is 4.13. The topological polar surface area (TPSA) is 28.6 Å². The van der Waals surface area contributed by atoms with Crippen molar-refractivity contribution in [2.24, 2.45) is 0 Å². The average Bonchev–Trinajstić information content (AvgIpc) is 2.98. The second kappa shape index (κ2) is 5.72. The SMILES string of the molecule is Cc1ncsc1CN1CC[C@@]2(C[C@H](N(C)C)CCO2)C1. The second-order valence-corrected chi connectivity index (χ2v) is 7.40. The van der Waals surface area contributed by atoms with Crippen LogP contribution in [0.2, 0.25) is 0 Å². The molecule has 1 spiro atoms. The molecule has 0 amide bonds. The molecule has 2 atom stereocenters. The lowest BCUT2D eigenvalue weighted by atomic mass is 9.89. The predicted octanol–water partition coefficient (Wildman–Crippen LogP) is 2.14. The van der Waals surface area contributed by atoms with E-state index in [1.807, 2.05) is 5.51 Å². The van der Waals surface area contributed by atoms with Crippen molar-refractivity contribution in [1.82, 2.24) is 14.8 Å². The summed E-state index contributed by atoms with van der Waals surface area (Å²) in [6.45, 7) is 6.29. The number of hydrogen-bond donors (Lipinski definition) is 0. The van der Waals surface area contributed by atoms with E-state index in [-0.39, 0.29) is 5.60 Å². The molecule has 0 N–H and O–H groups in total. The zero-order chi connectivity index (χ0) is 14.2. The van der Waals surface area contributed by atoms with Crippen LogP contribution in [0.3, 0.4) is 0 Å². The minimum atomic E-state index is 0.103. The first-order valence-electron chi connectivity index (χ1n) is 7.50. The quantitative estimate of drug-likeness (QED) is 0.854. The third-order valence-electron chi connectivity index (χ3n) is 4.80. The Morgan fingerprint density at radius 3 is 3.10 bits per heavy atom. The Hall–Kier alpha value is -0.490. The molecule has 0 bridgehead atoms. The smallest absolute Gasteiger partial charge is 0.0835 e. The van der Waals surface area contributed by atoms with Crippen molar-refractivity contribution in [2.45, 2.75) is 44.4 Å². The predicted molar refractivity (Wildman–Crippen MR) is 82.1 cm³/mol. The molecule has 0 unspecified atom stereocenters. The van der Waals surface area contributed by atoms with Gasteiger partial charge in [0, 0.05) is 37.2 Å². The van der Waals surface area contributed by atoms with Crippen LogP contribution < -0.4 is 0 Å². The summed E-state index contributed by atoms with van der Waals surface area (Å²) in [6.07, 6.45) is 3.52. The lowest BCUT2D eigenvalue weighted by molar-refractivity contribution is -0.0931. The van der Waals surface area contributed by atoms with Crippen molar-refractivity contribution in [2.75, 3.05) is 33.8 Å². The van der Waals surface area contributed by atoms with Gasteiger partial charge in [0.05, 0.1) is 16.8 Å². The van der Waals surface area contributed by atoms with Crippen molar-refractivity contribution in [3.8, 4) is 0 Å². The molecule has 2 fully saturated rings. The molecule has 3 heterocycles. The summed E-state index contributed by atoms with van der Waals surface area (Å²) in [5.41, 5.74) is 3.24. The molecule has 2 saturated heterocycles. The Morgan fingerprint density at radius 1 is 1.55 bits per heavy atom. The monoisotopic (exact) mass is 295 g/mol. The highest BCUT2D eigenvalue weighted by Gasteiger charge is 2.43. The van der Waals surface area contributed by atoms with E-state index in [0.29, 0.717) is 6.04 Å². The molecule has 0 saturated carbocycles. The molecule has 2 aliphatic heterocycles. The fourth-order valence-corrected chi connectivity index (χ4v) is 4.29. The Balaban J connectivity index is 1.62. The second-order valence-electron chi connectivity index (χ2n) is 6.46. The lowest BCUT2D eigenvalue weighted by Gasteiger charge is -2.40. The summed E-state index contributed by atoms with van der Waals surface area (Å²) >= 11 is 1.78. The third-order valence-corrected chi connectivity index (χ3v) is 5.72. The third kappa shape index (κ3) is 2.91. The molecule has 0 aromatic carbocycles. The molecule has 3 rings (SSSR count). The summed E-state index contributed by atoms with van der Waals surface area (Å²) in [5.74, 6) is 0.